The summed E-state index contributed by atoms with van der Waals surface area (Å²) in [5.74, 6) is -3.81. The van der Waals surface area contributed by atoms with Crippen molar-refractivity contribution in [3.8, 4) is 0 Å². The monoisotopic (exact) mass is 589 g/mol. The van der Waals surface area contributed by atoms with Gasteiger partial charge < -0.3 is 15.2 Å². The second-order valence-electron chi connectivity index (χ2n) is 11.2. The average molecular weight is 590 g/mol. The molecule has 0 bridgehead atoms. The van der Waals surface area contributed by atoms with E-state index in [4.69, 9.17) is 4.74 Å². The molecule has 1 saturated carbocycles. The van der Waals surface area contributed by atoms with Crippen molar-refractivity contribution in [1.82, 2.24) is 9.62 Å². The zero-order valence-corrected chi connectivity index (χ0v) is 23.7. The molecular weight excluding hydrogens is 558 g/mol. The van der Waals surface area contributed by atoms with Gasteiger partial charge in [0.05, 0.1) is 22.4 Å². The molecule has 42 heavy (non-hydrogen) atoms. The molecule has 0 spiro atoms. The van der Waals surface area contributed by atoms with Gasteiger partial charge in [-0.15, -0.1) is 0 Å². The van der Waals surface area contributed by atoms with Crippen molar-refractivity contribution in [3.05, 3.63) is 96.1 Å². The molecule has 0 radical (unpaired) electrons. The van der Waals surface area contributed by atoms with Gasteiger partial charge in [-0.3, -0.25) is 14.5 Å². The Kier molecular flexibility index (Phi) is 7.12. The van der Waals surface area contributed by atoms with Crippen LogP contribution in [0, 0.1) is 24.7 Å². The number of aliphatic hydroxyl groups is 1. The maximum absolute atomic E-state index is 13.8. The maximum Gasteiger partial charge on any atom is 0.407 e. The number of nitrogens with one attached hydrogen (secondary N) is 1. The highest BCUT2D eigenvalue weighted by atomic mass is 32.2. The molecule has 2 heterocycles. The van der Waals surface area contributed by atoms with Crippen molar-refractivity contribution in [1.29, 1.82) is 0 Å². The number of imide groups is 1. The Labute approximate surface area is 243 Å². The number of anilines is 1. The number of hydrogen-bond acceptors (Lipinski definition) is 7. The first-order chi connectivity index (χ1) is 20.1. The fourth-order valence-corrected chi connectivity index (χ4v) is 7.97. The molecular formula is C31H31N3O7S. The first-order valence-electron chi connectivity index (χ1n) is 13.8. The van der Waals surface area contributed by atoms with E-state index in [1.807, 2.05) is 37.3 Å². The third kappa shape index (κ3) is 4.77. The lowest BCUT2D eigenvalue weighted by Crippen LogP contribution is -2.59. The molecule has 5 atom stereocenters. The van der Waals surface area contributed by atoms with E-state index in [0.29, 0.717) is 5.69 Å². The Hall–Kier alpha value is -4.06. The van der Waals surface area contributed by atoms with Gasteiger partial charge in [0, 0.05) is 25.6 Å². The smallest absolute Gasteiger partial charge is 0.407 e. The molecule has 2 saturated heterocycles. The number of ether oxygens (including phenoxy) is 1. The number of nitrogens with zero attached hydrogens (tertiary/aromatic N) is 2. The van der Waals surface area contributed by atoms with E-state index in [-0.39, 0.29) is 31.0 Å². The number of benzene rings is 3. The zero-order chi connectivity index (χ0) is 29.6. The largest absolute Gasteiger partial charge is 0.443 e. The molecule has 2 aliphatic heterocycles. The summed E-state index contributed by atoms with van der Waals surface area (Å²) in [6.07, 6.45) is -2.17. The van der Waals surface area contributed by atoms with Crippen molar-refractivity contribution in [2.45, 2.75) is 36.5 Å². The lowest BCUT2D eigenvalue weighted by atomic mass is 9.65. The van der Waals surface area contributed by atoms with Gasteiger partial charge in [0.2, 0.25) is 21.8 Å². The van der Waals surface area contributed by atoms with Crippen LogP contribution in [0.1, 0.15) is 17.5 Å². The molecule has 0 aromatic heterocycles. The van der Waals surface area contributed by atoms with Gasteiger partial charge >= 0.3 is 6.09 Å². The van der Waals surface area contributed by atoms with Gasteiger partial charge in [0.25, 0.3) is 0 Å². The van der Waals surface area contributed by atoms with E-state index < -0.39 is 57.4 Å². The van der Waals surface area contributed by atoms with Gasteiger partial charge in [-0.1, -0.05) is 66.2 Å². The molecule has 3 amide bonds. The summed E-state index contributed by atoms with van der Waals surface area (Å²) in [4.78, 5) is 41.5. The number of aryl methyl sites for hydroxylation is 1. The number of fused-ring (bicyclic) bond motifs is 3. The van der Waals surface area contributed by atoms with E-state index >= 15 is 0 Å². The normalized spacial score (nSPS) is 27.4. The SMILES string of the molecule is Cc1ccc(S(=O)(=O)N2C[C@H]3[C@H]4C(=O)N(c5ccccc5)C(=O)[C@H]4C[C@H](OC(=O)NCc4ccccc4)[C@@]3(O)C2)cc1. The van der Waals surface area contributed by atoms with Crippen LogP contribution in [-0.4, -0.2) is 60.5 Å². The van der Waals surface area contributed by atoms with Crippen LogP contribution in [0.3, 0.4) is 0 Å². The average Bonchev–Trinajstić information content (AvgIpc) is 3.47. The van der Waals surface area contributed by atoms with Gasteiger partial charge in [-0.05, 0) is 43.2 Å². The number of para-hydroxylation sites is 1. The molecule has 0 unspecified atom stereocenters. The summed E-state index contributed by atoms with van der Waals surface area (Å²) in [5, 5.41) is 14.8. The van der Waals surface area contributed by atoms with E-state index in [0.717, 1.165) is 20.3 Å². The number of hydrogen-bond donors (Lipinski definition) is 2. The summed E-state index contributed by atoms with van der Waals surface area (Å²) in [7, 11) is -4.07. The number of β-amino-alcohol motifs (C(OH)–C–C–N with tert-alkyl or cyclic N) is 1. The lowest BCUT2D eigenvalue weighted by Gasteiger charge is -2.44. The Balaban J connectivity index is 1.32. The molecule has 10 nitrogen and oxygen atoms in total. The van der Waals surface area contributed by atoms with Crippen molar-refractivity contribution >= 4 is 33.6 Å². The summed E-state index contributed by atoms with van der Waals surface area (Å²) in [5.41, 5.74) is 0.217. The first kappa shape index (κ1) is 28.1. The van der Waals surface area contributed by atoms with Crippen molar-refractivity contribution in [2.75, 3.05) is 18.0 Å². The topological polar surface area (TPSA) is 133 Å². The summed E-state index contributed by atoms with van der Waals surface area (Å²) in [6.45, 7) is 1.42. The number of rotatable bonds is 6. The van der Waals surface area contributed by atoms with Crippen LogP contribution in [0.15, 0.2) is 89.8 Å². The molecule has 3 aliphatic rings. The Morgan fingerprint density at radius 3 is 2.29 bits per heavy atom. The summed E-state index contributed by atoms with van der Waals surface area (Å²) in [6, 6.07) is 24.0. The number of amides is 3. The Bertz CT molecular complexity index is 1620. The summed E-state index contributed by atoms with van der Waals surface area (Å²) >= 11 is 0. The van der Waals surface area contributed by atoms with Crippen LogP contribution in [0.25, 0.3) is 0 Å². The first-order valence-corrected chi connectivity index (χ1v) is 15.2. The Morgan fingerprint density at radius 2 is 1.62 bits per heavy atom. The number of alkyl carbamates (subject to hydrolysis) is 1. The standard InChI is InChI=1S/C31H31N3O7S/c1-20-12-14-23(15-13-20)42(39,40)33-18-25-27-24(28(35)34(29(27)36)22-10-6-3-7-11-22)16-26(31(25,38)19-33)41-30(37)32-17-21-8-4-2-5-9-21/h2-15,24-27,38H,16-19H2,1H3,(H,32,37)/t24-,25-,26-,27-,31+/m0/s1. The van der Waals surface area contributed by atoms with E-state index in [9.17, 15) is 27.9 Å². The molecule has 218 valence electrons. The van der Waals surface area contributed by atoms with E-state index in [1.54, 1.807) is 42.5 Å². The minimum atomic E-state index is -4.07. The van der Waals surface area contributed by atoms with Crippen LogP contribution in [-0.2, 0) is 30.9 Å². The third-order valence-corrected chi connectivity index (χ3v) is 10.4. The van der Waals surface area contributed by atoms with E-state index in [1.165, 1.54) is 12.1 Å². The molecule has 11 heteroatoms. The van der Waals surface area contributed by atoms with Crippen LogP contribution in [0.4, 0.5) is 10.5 Å². The predicted octanol–water partition coefficient (Wildman–Crippen LogP) is 2.85. The van der Waals surface area contributed by atoms with Crippen molar-refractivity contribution in [2.24, 2.45) is 17.8 Å². The highest BCUT2D eigenvalue weighted by Gasteiger charge is 2.68. The number of sulfonamides is 1. The van der Waals surface area contributed by atoms with Crippen LogP contribution >= 0.6 is 0 Å². The quantitative estimate of drug-likeness (QED) is 0.423. The second kappa shape index (κ2) is 10.6. The van der Waals surface area contributed by atoms with Crippen LogP contribution in [0.2, 0.25) is 0 Å². The molecule has 1 aliphatic carbocycles. The maximum atomic E-state index is 13.8. The third-order valence-electron chi connectivity index (χ3n) is 8.61. The van der Waals surface area contributed by atoms with Gasteiger partial charge in [0.15, 0.2) is 0 Å². The number of carbonyl (C=O) groups excluding carboxylic acids is 3. The van der Waals surface area contributed by atoms with Crippen molar-refractivity contribution < 1.29 is 32.6 Å². The highest BCUT2D eigenvalue weighted by Crippen LogP contribution is 2.52. The van der Waals surface area contributed by atoms with E-state index in [2.05, 4.69) is 5.32 Å². The van der Waals surface area contributed by atoms with Gasteiger partial charge in [-0.25, -0.2) is 13.2 Å². The summed E-state index contributed by atoms with van der Waals surface area (Å²) < 4.78 is 34.2. The Morgan fingerprint density at radius 1 is 0.976 bits per heavy atom. The van der Waals surface area contributed by atoms with Gasteiger partial charge in [-0.2, -0.15) is 4.31 Å². The zero-order valence-electron chi connectivity index (χ0n) is 22.9. The lowest BCUT2D eigenvalue weighted by molar-refractivity contribution is -0.156. The number of carbonyl (C=O) groups is 3. The van der Waals surface area contributed by atoms with Crippen LogP contribution < -0.4 is 10.2 Å². The van der Waals surface area contributed by atoms with Crippen molar-refractivity contribution in [3.63, 3.8) is 0 Å². The molecule has 6 rings (SSSR count). The van der Waals surface area contributed by atoms with Crippen LogP contribution in [0.5, 0.6) is 0 Å². The minimum absolute atomic E-state index is 0.0460. The predicted molar refractivity (Wildman–Crippen MR) is 152 cm³/mol. The fraction of sp³-hybridized carbons (Fsp3) is 0.323. The second-order valence-corrected chi connectivity index (χ2v) is 13.1. The molecule has 3 aromatic rings. The minimum Gasteiger partial charge on any atom is -0.443 e. The highest BCUT2D eigenvalue weighted by molar-refractivity contribution is 7.89. The molecule has 3 aromatic carbocycles. The fourth-order valence-electron chi connectivity index (χ4n) is 6.46. The molecule has 2 N–H and O–H groups in total. The molecule has 3 fully saturated rings. The van der Waals surface area contributed by atoms with Gasteiger partial charge in [0.1, 0.15) is 11.7 Å².